The maximum atomic E-state index is 9.87. The molecule has 0 aliphatic carbocycles. The Morgan fingerprint density at radius 1 is 0.564 bits per heavy atom. The molecule has 6 aromatic rings. The van der Waals surface area contributed by atoms with E-state index in [1.807, 2.05) is 60.9 Å². The number of aromatic nitrogens is 2. The Labute approximate surface area is 227 Å². The van der Waals surface area contributed by atoms with E-state index in [1.165, 1.54) is 39.6 Å². The molecular formula is C34H28N2O3. The molecule has 2 heterocycles. The summed E-state index contributed by atoms with van der Waals surface area (Å²) in [6.45, 7) is 1.24. The van der Waals surface area contributed by atoms with Crippen LogP contribution < -0.4 is 0 Å². The summed E-state index contributed by atoms with van der Waals surface area (Å²) in [6, 6.07) is 41.3. The smallest absolute Gasteiger partial charge is 0.310 e. The van der Waals surface area contributed by atoms with Crippen molar-refractivity contribution in [3.63, 3.8) is 0 Å². The highest BCUT2D eigenvalue weighted by molar-refractivity contribution is 5.95. The zero-order chi connectivity index (χ0) is 27.5. The van der Waals surface area contributed by atoms with Crippen LogP contribution in [0.2, 0.25) is 0 Å². The largest absolute Gasteiger partial charge is 0.481 e. The highest BCUT2D eigenvalue weighted by Crippen LogP contribution is 2.26. The number of hydrogen-bond acceptors (Lipinski definition) is 4. The fourth-order valence-corrected chi connectivity index (χ4v) is 4.10. The van der Waals surface area contributed by atoms with Crippen molar-refractivity contribution in [3.8, 4) is 22.5 Å². The van der Waals surface area contributed by atoms with Gasteiger partial charge in [0.1, 0.15) is 12.2 Å². The number of carbonyl (C=O) groups excluding carboxylic acids is 1. The van der Waals surface area contributed by atoms with Gasteiger partial charge in [-0.3, -0.25) is 19.6 Å². The van der Waals surface area contributed by atoms with E-state index in [1.54, 1.807) is 0 Å². The van der Waals surface area contributed by atoms with Gasteiger partial charge < -0.3 is 5.11 Å². The number of pyridine rings is 2. The molecule has 0 aliphatic heterocycles. The number of hydrogen-bond donors (Lipinski definition) is 1. The Morgan fingerprint density at radius 2 is 0.949 bits per heavy atom. The summed E-state index contributed by atoms with van der Waals surface area (Å²) in [5.41, 5.74) is 4.44. The first kappa shape index (κ1) is 26.9. The molecule has 1 N–H and O–H groups in total. The molecule has 0 bridgehead atoms. The van der Waals surface area contributed by atoms with Crippen LogP contribution in [0.3, 0.4) is 0 Å². The molecule has 0 unspecified atom stereocenters. The lowest BCUT2D eigenvalue weighted by atomic mass is 10.0. The molecule has 0 spiro atoms. The predicted octanol–water partition coefficient (Wildman–Crippen LogP) is 7.85. The van der Waals surface area contributed by atoms with E-state index < -0.39 is 5.97 Å². The summed E-state index contributed by atoms with van der Waals surface area (Å²) in [5.74, 6) is -1.37. The molecular weight excluding hydrogens is 484 g/mol. The summed E-state index contributed by atoms with van der Waals surface area (Å²) in [5, 5.41) is 12.7. The standard InChI is InChI=1S/2C15H11N.C4H6O3/c2*1-2-7-13(8-3-1)15-14-9-5-4-6-12(14)10-11-16-15;1-3(5)2-4(6)7/h2*1-11H;2H2,1H3,(H,6,7). The van der Waals surface area contributed by atoms with E-state index >= 15 is 0 Å². The Hall–Kier alpha value is -5.16. The van der Waals surface area contributed by atoms with Crippen LogP contribution >= 0.6 is 0 Å². The molecule has 192 valence electrons. The molecule has 2 aromatic heterocycles. The summed E-state index contributed by atoms with van der Waals surface area (Å²) in [4.78, 5) is 28.4. The van der Waals surface area contributed by atoms with Crippen LogP contribution in [0.5, 0.6) is 0 Å². The summed E-state index contributed by atoms with van der Waals surface area (Å²) >= 11 is 0. The minimum absolute atomic E-state index is 0.312. The zero-order valence-corrected chi connectivity index (χ0v) is 21.6. The average molecular weight is 513 g/mol. The van der Waals surface area contributed by atoms with E-state index in [9.17, 15) is 9.59 Å². The predicted molar refractivity (Wildman–Crippen MR) is 157 cm³/mol. The summed E-state index contributed by atoms with van der Waals surface area (Å²) in [6.07, 6.45) is 3.37. The maximum Gasteiger partial charge on any atom is 0.310 e. The van der Waals surface area contributed by atoms with Crippen molar-refractivity contribution < 1.29 is 14.7 Å². The summed E-state index contributed by atoms with van der Waals surface area (Å²) in [7, 11) is 0. The molecule has 0 amide bonds. The van der Waals surface area contributed by atoms with Crippen LogP contribution in [0.25, 0.3) is 44.1 Å². The molecule has 39 heavy (non-hydrogen) atoms. The molecule has 0 aliphatic rings. The minimum atomic E-state index is -1.06. The second-order valence-electron chi connectivity index (χ2n) is 8.77. The Kier molecular flexibility index (Phi) is 9.24. The lowest BCUT2D eigenvalue weighted by Gasteiger charge is -2.04. The number of fused-ring (bicyclic) bond motifs is 2. The van der Waals surface area contributed by atoms with Crippen LogP contribution in [0, 0.1) is 0 Å². The molecule has 0 atom stereocenters. The monoisotopic (exact) mass is 512 g/mol. The van der Waals surface area contributed by atoms with Gasteiger partial charge in [0.2, 0.25) is 0 Å². The number of carboxylic acids is 1. The lowest BCUT2D eigenvalue weighted by Crippen LogP contribution is -2.00. The third-order valence-corrected chi connectivity index (χ3v) is 5.84. The molecule has 6 rings (SSSR count). The first-order chi connectivity index (χ1) is 19.0. The van der Waals surface area contributed by atoms with Crippen molar-refractivity contribution in [1.29, 1.82) is 0 Å². The Morgan fingerprint density at radius 3 is 1.31 bits per heavy atom. The van der Waals surface area contributed by atoms with Crippen molar-refractivity contribution >= 4 is 33.3 Å². The molecule has 4 aromatic carbocycles. The fourth-order valence-electron chi connectivity index (χ4n) is 4.10. The van der Waals surface area contributed by atoms with Gasteiger partial charge in [0.25, 0.3) is 0 Å². The normalized spacial score (nSPS) is 10.1. The number of carbonyl (C=O) groups is 2. The van der Waals surface area contributed by atoms with Gasteiger partial charge in [-0.1, -0.05) is 109 Å². The third kappa shape index (κ3) is 7.43. The van der Waals surface area contributed by atoms with Crippen LogP contribution in [0.4, 0.5) is 0 Å². The van der Waals surface area contributed by atoms with Crippen molar-refractivity contribution in [2.75, 3.05) is 0 Å². The number of carboxylic acid groups (broad SMARTS) is 1. The van der Waals surface area contributed by atoms with E-state index in [0.29, 0.717) is 0 Å². The average Bonchev–Trinajstić information content (AvgIpc) is 2.97. The van der Waals surface area contributed by atoms with E-state index in [0.717, 1.165) is 11.4 Å². The topological polar surface area (TPSA) is 80.2 Å². The van der Waals surface area contributed by atoms with E-state index in [4.69, 9.17) is 5.11 Å². The Bertz CT molecular complexity index is 1550. The number of ketones is 1. The highest BCUT2D eigenvalue weighted by Gasteiger charge is 2.04. The molecule has 0 saturated carbocycles. The van der Waals surface area contributed by atoms with Gasteiger partial charge in [0, 0.05) is 34.3 Å². The highest BCUT2D eigenvalue weighted by atomic mass is 16.4. The second-order valence-corrected chi connectivity index (χ2v) is 8.77. The van der Waals surface area contributed by atoms with Crippen LogP contribution in [-0.4, -0.2) is 26.8 Å². The number of aliphatic carboxylic acids is 1. The first-order valence-corrected chi connectivity index (χ1v) is 12.5. The van der Waals surface area contributed by atoms with Gasteiger partial charge in [-0.2, -0.15) is 0 Å². The Balaban J connectivity index is 0.000000147. The van der Waals surface area contributed by atoms with Crippen molar-refractivity contribution in [2.24, 2.45) is 0 Å². The van der Waals surface area contributed by atoms with Gasteiger partial charge in [-0.25, -0.2) is 0 Å². The molecule has 5 nitrogen and oxygen atoms in total. The van der Waals surface area contributed by atoms with Gasteiger partial charge in [0.05, 0.1) is 11.4 Å². The fraction of sp³-hybridized carbons (Fsp3) is 0.0588. The third-order valence-electron chi connectivity index (χ3n) is 5.84. The van der Waals surface area contributed by atoms with Crippen molar-refractivity contribution in [3.05, 3.63) is 134 Å². The molecule has 0 fully saturated rings. The quantitative estimate of drug-likeness (QED) is 0.243. The first-order valence-electron chi connectivity index (χ1n) is 12.5. The van der Waals surface area contributed by atoms with E-state index in [-0.39, 0.29) is 12.2 Å². The SMILES string of the molecule is CC(=O)CC(=O)O.c1ccc(-c2nccc3ccccc23)cc1.c1ccc(-c2nccc3ccccc23)cc1. The van der Waals surface area contributed by atoms with Gasteiger partial charge in [-0.05, 0) is 29.8 Å². The van der Waals surface area contributed by atoms with Gasteiger partial charge >= 0.3 is 5.97 Å². The van der Waals surface area contributed by atoms with Gasteiger partial charge in [0.15, 0.2) is 0 Å². The van der Waals surface area contributed by atoms with Gasteiger partial charge in [-0.15, -0.1) is 0 Å². The number of nitrogens with zero attached hydrogens (tertiary/aromatic N) is 2. The van der Waals surface area contributed by atoms with Crippen LogP contribution in [0.15, 0.2) is 134 Å². The zero-order valence-electron chi connectivity index (χ0n) is 21.6. The molecule has 5 heteroatoms. The van der Waals surface area contributed by atoms with E-state index in [2.05, 4.69) is 82.8 Å². The van der Waals surface area contributed by atoms with Crippen LogP contribution in [0.1, 0.15) is 13.3 Å². The molecule has 0 radical (unpaired) electrons. The van der Waals surface area contributed by atoms with Crippen LogP contribution in [-0.2, 0) is 9.59 Å². The minimum Gasteiger partial charge on any atom is -0.481 e. The van der Waals surface area contributed by atoms with Crippen molar-refractivity contribution in [2.45, 2.75) is 13.3 Å². The molecule has 0 saturated heterocycles. The second kappa shape index (κ2) is 13.4. The number of benzene rings is 4. The number of Topliss-reactive ketones (excluding diaryl/α,β-unsaturated/α-hetero) is 1. The lowest BCUT2D eigenvalue weighted by molar-refractivity contribution is -0.139. The number of rotatable bonds is 4. The summed E-state index contributed by atoms with van der Waals surface area (Å²) < 4.78 is 0. The maximum absolute atomic E-state index is 9.87. The van der Waals surface area contributed by atoms with Crippen molar-refractivity contribution in [1.82, 2.24) is 9.97 Å².